The van der Waals surface area contributed by atoms with Gasteiger partial charge >= 0.3 is 0 Å². The Balaban J connectivity index is 3.78. The molecular formula is C37H73NO5. The number of hydrogen-bond donors (Lipinski definition) is 5. The zero-order valence-corrected chi connectivity index (χ0v) is 28.5. The van der Waals surface area contributed by atoms with E-state index in [4.69, 9.17) is 0 Å². The molecule has 0 rings (SSSR count). The van der Waals surface area contributed by atoms with Crippen LogP contribution in [0.1, 0.15) is 187 Å². The summed E-state index contributed by atoms with van der Waals surface area (Å²) in [6, 6.07) is -0.994. The van der Waals surface area contributed by atoms with E-state index in [1.165, 1.54) is 122 Å². The number of rotatable bonds is 33. The van der Waals surface area contributed by atoms with E-state index in [0.717, 1.165) is 38.5 Å². The van der Waals surface area contributed by atoms with Crippen LogP contribution in [0.15, 0.2) is 12.2 Å². The molecule has 0 bridgehead atoms. The number of nitrogens with one attached hydrogen (secondary N) is 1. The fourth-order valence-electron chi connectivity index (χ4n) is 5.70. The van der Waals surface area contributed by atoms with Crippen LogP contribution in [0.3, 0.4) is 0 Å². The minimum absolute atomic E-state index is 0.364. The smallest absolute Gasteiger partial charge is 0.249 e. The first kappa shape index (κ1) is 42.0. The van der Waals surface area contributed by atoms with E-state index >= 15 is 0 Å². The van der Waals surface area contributed by atoms with E-state index in [0.29, 0.717) is 12.8 Å². The van der Waals surface area contributed by atoms with Gasteiger partial charge in [0.05, 0.1) is 18.8 Å². The highest BCUT2D eigenvalue weighted by Gasteiger charge is 2.28. The molecule has 0 aliphatic heterocycles. The molecular weight excluding hydrogens is 538 g/mol. The van der Waals surface area contributed by atoms with Crippen LogP contribution in [-0.2, 0) is 4.79 Å². The number of aliphatic hydroxyl groups excluding tert-OH is 4. The first-order chi connectivity index (χ1) is 21.0. The largest absolute Gasteiger partial charge is 0.394 e. The molecule has 0 aromatic heterocycles. The van der Waals surface area contributed by atoms with Crippen LogP contribution in [0.25, 0.3) is 0 Å². The van der Waals surface area contributed by atoms with Gasteiger partial charge in [-0.2, -0.15) is 0 Å². The van der Waals surface area contributed by atoms with Gasteiger partial charge in [-0.3, -0.25) is 4.79 Å². The van der Waals surface area contributed by atoms with E-state index in [-0.39, 0.29) is 0 Å². The minimum atomic E-state index is -1.27. The van der Waals surface area contributed by atoms with Crippen molar-refractivity contribution in [3.8, 4) is 0 Å². The summed E-state index contributed by atoms with van der Waals surface area (Å²) in [5.74, 6) is -0.598. The summed E-state index contributed by atoms with van der Waals surface area (Å²) in [6.45, 7) is 3.98. The van der Waals surface area contributed by atoms with E-state index in [2.05, 4.69) is 31.3 Å². The summed E-state index contributed by atoms with van der Waals surface area (Å²) < 4.78 is 0. The third kappa shape index (κ3) is 27.1. The normalized spacial score (nSPS) is 14.7. The topological polar surface area (TPSA) is 110 Å². The zero-order valence-electron chi connectivity index (χ0n) is 28.5. The lowest BCUT2D eigenvalue weighted by Crippen LogP contribution is -2.53. The molecule has 256 valence electrons. The van der Waals surface area contributed by atoms with Gasteiger partial charge in [-0.25, -0.2) is 0 Å². The van der Waals surface area contributed by atoms with Crippen LogP contribution in [0.5, 0.6) is 0 Å². The van der Waals surface area contributed by atoms with Crippen molar-refractivity contribution in [2.75, 3.05) is 6.61 Å². The summed E-state index contributed by atoms with van der Waals surface area (Å²) in [4.78, 5) is 12.3. The fraction of sp³-hybridized carbons (Fsp3) is 0.919. The lowest BCUT2D eigenvalue weighted by atomic mass is 10.00. The first-order valence-electron chi connectivity index (χ1n) is 18.6. The second-order valence-corrected chi connectivity index (χ2v) is 12.9. The summed E-state index contributed by atoms with van der Waals surface area (Å²) in [6.07, 6.45) is 32.5. The molecule has 43 heavy (non-hydrogen) atoms. The monoisotopic (exact) mass is 612 g/mol. The van der Waals surface area contributed by atoms with Crippen molar-refractivity contribution in [3.63, 3.8) is 0 Å². The third-order valence-electron chi connectivity index (χ3n) is 8.73. The maximum atomic E-state index is 12.3. The minimum Gasteiger partial charge on any atom is -0.394 e. The van der Waals surface area contributed by atoms with Gasteiger partial charge < -0.3 is 25.7 Å². The van der Waals surface area contributed by atoms with Gasteiger partial charge in [0.2, 0.25) is 5.91 Å². The number of unbranched alkanes of at least 4 members (excludes halogenated alkanes) is 22. The van der Waals surface area contributed by atoms with Crippen LogP contribution in [0, 0.1) is 0 Å². The zero-order chi connectivity index (χ0) is 31.8. The molecule has 0 saturated heterocycles. The molecule has 6 nitrogen and oxygen atoms in total. The molecule has 0 aromatic carbocycles. The molecule has 0 heterocycles. The van der Waals surface area contributed by atoms with Crippen LogP contribution in [-0.4, -0.2) is 57.3 Å². The van der Waals surface area contributed by atoms with Crippen molar-refractivity contribution >= 4 is 5.91 Å². The summed E-state index contributed by atoms with van der Waals surface area (Å²) in [5.41, 5.74) is 0. The van der Waals surface area contributed by atoms with E-state index in [1.807, 2.05) is 0 Å². The Kier molecular flexibility index (Phi) is 31.7. The molecule has 1 amide bonds. The van der Waals surface area contributed by atoms with Gasteiger partial charge in [0, 0.05) is 0 Å². The Labute approximate surface area is 266 Å². The SMILES string of the molecule is CCCCCCCCCCCCCCCC/C=C/CCCC(O)C(O)C(CO)NC(=O)C(O)CCCCCCCCCC. The Morgan fingerprint density at radius 1 is 0.558 bits per heavy atom. The predicted molar refractivity (Wildman–Crippen MR) is 182 cm³/mol. The molecule has 4 unspecified atom stereocenters. The summed E-state index contributed by atoms with van der Waals surface area (Å²) in [7, 11) is 0. The van der Waals surface area contributed by atoms with Crippen molar-refractivity contribution in [2.24, 2.45) is 0 Å². The standard InChI is InChI=1S/C37H73NO5/c1-3-5-7-9-11-13-14-15-16-17-18-19-20-21-22-23-25-26-28-30-34(40)36(42)33(32-39)38-37(43)35(41)31-29-27-24-12-10-8-6-4-2/h23,25,33-36,39-42H,3-22,24,26-32H2,1-2H3,(H,38,43)/b25-23+. The maximum absolute atomic E-state index is 12.3. The second-order valence-electron chi connectivity index (χ2n) is 12.9. The van der Waals surface area contributed by atoms with Crippen molar-refractivity contribution in [3.05, 3.63) is 12.2 Å². The number of hydrogen-bond acceptors (Lipinski definition) is 5. The van der Waals surface area contributed by atoms with Gasteiger partial charge in [-0.05, 0) is 38.5 Å². The van der Waals surface area contributed by atoms with Crippen molar-refractivity contribution in [1.82, 2.24) is 5.32 Å². The highest BCUT2D eigenvalue weighted by molar-refractivity contribution is 5.80. The highest BCUT2D eigenvalue weighted by atomic mass is 16.3. The molecule has 5 N–H and O–H groups in total. The molecule has 0 fully saturated rings. The number of carbonyl (C=O) groups is 1. The Bertz CT molecular complexity index is 614. The summed E-state index contributed by atoms with van der Waals surface area (Å²) >= 11 is 0. The van der Waals surface area contributed by atoms with E-state index < -0.39 is 36.9 Å². The molecule has 4 atom stereocenters. The van der Waals surface area contributed by atoms with Crippen LogP contribution in [0.4, 0.5) is 0 Å². The van der Waals surface area contributed by atoms with Gasteiger partial charge in [0.15, 0.2) is 0 Å². The highest BCUT2D eigenvalue weighted by Crippen LogP contribution is 2.15. The number of allylic oxidation sites excluding steroid dienone is 2. The number of amides is 1. The molecule has 0 aliphatic carbocycles. The third-order valence-corrected chi connectivity index (χ3v) is 8.73. The number of aliphatic hydroxyl groups is 4. The Morgan fingerprint density at radius 3 is 1.40 bits per heavy atom. The average Bonchev–Trinajstić information content (AvgIpc) is 3.01. The van der Waals surface area contributed by atoms with Gasteiger partial charge in [0.1, 0.15) is 12.2 Å². The van der Waals surface area contributed by atoms with Crippen molar-refractivity contribution in [2.45, 2.75) is 212 Å². The van der Waals surface area contributed by atoms with Gasteiger partial charge in [-0.1, -0.05) is 161 Å². The lowest BCUT2D eigenvalue weighted by molar-refractivity contribution is -0.132. The molecule has 0 saturated carbocycles. The number of carbonyl (C=O) groups excluding carboxylic acids is 1. The van der Waals surface area contributed by atoms with Crippen molar-refractivity contribution in [1.29, 1.82) is 0 Å². The van der Waals surface area contributed by atoms with Gasteiger partial charge in [-0.15, -0.1) is 0 Å². The second kappa shape index (κ2) is 32.4. The molecule has 6 heteroatoms. The van der Waals surface area contributed by atoms with E-state index in [9.17, 15) is 25.2 Å². The fourth-order valence-corrected chi connectivity index (χ4v) is 5.70. The van der Waals surface area contributed by atoms with Crippen molar-refractivity contribution < 1.29 is 25.2 Å². The van der Waals surface area contributed by atoms with Gasteiger partial charge in [0.25, 0.3) is 0 Å². The molecule has 0 radical (unpaired) electrons. The molecule has 0 aromatic rings. The van der Waals surface area contributed by atoms with Crippen LogP contribution >= 0.6 is 0 Å². The molecule has 0 aliphatic rings. The lowest BCUT2D eigenvalue weighted by Gasteiger charge is -2.27. The van der Waals surface area contributed by atoms with Crippen LogP contribution in [0.2, 0.25) is 0 Å². The maximum Gasteiger partial charge on any atom is 0.249 e. The van der Waals surface area contributed by atoms with Crippen LogP contribution < -0.4 is 5.32 Å². The molecule has 0 spiro atoms. The Morgan fingerprint density at radius 2 is 0.953 bits per heavy atom. The average molecular weight is 612 g/mol. The summed E-state index contributed by atoms with van der Waals surface area (Å²) in [5, 5.41) is 43.2. The first-order valence-corrected chi connectivity index (χ1v) is 18.6. The quantitative estimate of drug-likeness (QED) is 0.0377. The predicted octanol–water partition coefficient (Wildman–Crippen LogP) is 8.67. The Hall–Kier alpha value is -0.950. The van der Waals surface area contributed by atoms with E-state index in [1.54, 1.807) is 0 Å².